The number of likely N-dealkylation sites (tertiary alicyclic amines) is 3. The maximum atomic E-state index is 14.3. The third-order valence-corrected chi connectivity index (χ3v) is 11.5. The molecule has 2 unspecified atom stereocenters. The van der Waals surface area contributed by atoms with E-state index in [9.17, 15) is 19.2 Å². The largest absolute Gasteiger partial charge is 0.341 e. The highest BCUT2D eigenvalue weighted by atomic mass is 16.2. The van der Waals surface area contributed by atoms with Crippen LogP contribution >= 0.6 is 0 Å². The first-order chi connectivity index (χ1) is 24.1. The second-order valence-corrected chi connectivity index (χ2v) is 14.7. The van der Waals surface area contributed by atoms with Crippen LogP contribution in [-0.4, -0.2) is 106 Å². The van der Waals surface area contributed by atoms with Gasteiger partial charge in [0.2, 0.25) is 11.8 Å². The second-order valence-electron chi connectivity index (χ2n) is 14.7. The average molecular weight is 681 g/mol. The number of piperidine rings is 2. The maximum Gasteiger partial charge on any atom is 0.318 e. The lowest BCUT2D eigenvalue weighted by atomic mass is 9.77. The SMILES string of the molecule is CNC(C)C(=O)N1CCC2(CC1)CCN(C(=O)C(Cc1cc(C)c3[nH]ncc3c1)NC(=O)N1CCC(c3cc4ccccc4[nH]c3=O)CC1)C2. The highest BCUT2D eigenvalue weighted by Gasteiger charge is 2.44. The smallest absolute Gasteiger partial charge is 0.318 e. The summed E-state index contributed by atoms with van der Waals surface area (Å²) >= 11 is 0. The molecule has 5 heterocycles. The van der Waals surface area contributed by atoms with E-state index in [1.165, 1.54) is 0 Å². The summed E-state index contributed by atoms with van der Waals surface area (Å²) in [4.78, 5) is 62.5. The van der Waals surface area contributed by atoms with Crippen LogP contribution in [0.3, 0.4) is 0 Å². The standard InChI is InChI=1S/C38H48N8O4/c1-24-18-26(19-29-22-40-43-33(24)29)20-32(36(49)46-17-12-38(23-46)10-15-44(16-11-38)35(48)25(2)39-3)42-37(50)45-13-8-27(9-14-45)30-21-28-6-4-5-7-31(28)41-34(30)47/h4-7,18-19,21-22,25,27,32,39H,8-17,20,23H2,1-3H3,(H,40,43)(H,41,47)(H,42,50). The van der Waals surface area contributed by atoms with Gasteiger partial charge in [-0.2, -0.15) is 5.10 Å². The number of fused-ring (bicyclic) bond motifs is 2. The van der Waals surface area contributed by atoms with Crippen molar-refractivity contribution in [1.29, 1.82) is 0 Å². The molecule has 4 aromatic rings. The Kier molecular flexibility index (Phi) is 9.38. The molecular weight excluding hydrogens is 632 g/mol. The molecule has 2 aromatic carbocycles. The van der Waals surface area contributed by atoms with E-state index in [0.29, 0.717) is 58.5 Å². The van der Waals surface area contributed by atoms with Gasteiger partial charge in [0.1, 0.15) is 6.04 Å². The van der Waals surface area contributed by atoms with E-state index < -0.39 is 6.04 Å². The van der Waals surface area contributed by atoms with E-state index in [1.54, 1.807) is 18.1 Å². The third kappa shape index (κ3) is 6.73. The molecule has 0 radical (unpaired) electrons. The molecule has 3 aliphatic heterocycles. The molecular formula is C38H48N8O4. The van der Waals surface area contributed by atoms with Crippen LogP contribution in [0.1, 0.15) is 61.6 Å². The van der Waals surface area contributed by atoms with E-state index in [2.05, 4.69) is 31.9 Å². The van der Waals surface area contributed by atoms with Crippen LogP contribution in [0.25, 0.3) is 21.8 Å². The molecule has 2 aromatic heterocycles. The fraction of sp³-hybridized carbons (Fsp3) is 0.500. The Labute approximate surface area is 292 Å². The molecule has 2 atom stereocenters. The molecule has 1 spiro atoms. The molecule has 50 heavy (non-hydrogen) atoms. The van der Waals surface area contributed by atoms with Crippen molar-refractivity contribution >= 4 is 39.7 Å². The number of hydrogen-bond acceptors (Lipinski definition) is 6. The van der Waals surface area contributed by atoms with Crippen LogP contribution in [0.2, 0.25) is 0 Å². The van der Waals surface area contributed by atoms with Crippen molar-refractivity contribution in [3.8, 4) is 0 Å². The number of aromatic amines is 2. The summed E-state index contributed by atoms with van der Waals surface area (Å²) < 4.78 is 0. The van der Waals surface area contributed by atoms with E-state index in [-0.39, 0.29) is 40.8 Å². The Bertz CT molecular complexity index is 1950. The van der Waals surface area contributed by atoms with Gasteiger partial charge in [0.15, 0.2) is 0 Å². The summed E-state index contributed by atoms with van der Waals surface area (Å²) in [6.45, 7) is 7.55. The Morgan fingerprint density at radius 3 is 2.40 bits per heavy atom. The first-order valence-corrected chi connectivity index (χ1v) is 18.0. The predicted molar refractivity (Wildman–Crippen MR) is 193 cm³/mol. The summed E-state index contributed by atoms with van der Waals surface area (Å²) in [6.07, 6.45) is 6.11. The Morgan fingerprint density at radius 2 is 1.66 bits per heavy atom. The summed E-state index contributed by atoms with van der Waals surface area (Å²) in [5.41, 5.74) is 4.45. The number of rotatable bonds is 7. The quantitative estimate of drug-likeness (QED) is 0.235. The number of urea groups is 1. The average Bonchev–Trinajstić information content (AvgIpc) is 3.78. The summed E-state index contributed by atoms with van der Waals surface area (Å²) in [7, 11) is 1.80. The minimum atomic E-state index is -0.736. The molecule has 7 rings (SSSR count). The molecule has 3 fully saturated rings. The fourth-order valence-electron chi connectivity index (χ4n) is 8.32. The molecule has 4 amide bonds. The molecule has 0 saturated carbocycles. The van der Waals surface area contributed by atoms with E-state index in [0.717, 1.165) is 57.8 Å². The van der Waals surface area contributed by atoms with Gasteiger partial charge in [0, 0.05) is 62.2 Å². The molecule has 0 aliphatic carbocycles. The Hall–Kier alpha value is -4.71. The third-order valence-electron chi connectivity index (χ3n) is 11.5. The minimum Gasteiger partial charge on any atom is -0.341 e. The molecule has 12 heteroatoms. The number of amides is 4. The highest BCUT2D eigenvalue weighted by molar-refractivity contribution is 5.88. The van der Waals surface area contributed by atoms with Crippen molar-refractivity contribution in [1.82, 2.24) is 40.5 Å². The van der Waals surface area contributed by atoms with E-state index in [1.807, 2.05) is 60.0 Å². The monoisotopic (exact) mass is 680 g/mol. The van der Waals surface area contributed by atoms with Gasteiger partial charge in [-0.25, -0.2) is 4.79 Å². The van der Waals surface area contributed by atoms with Crippen LogP contribution < -0.4 is 16.2 Å². The maximum absolute atomic E-state index is 14.3. The van der Waals surface area contributed by atoms with Crippen molar-refractivity contribution in [3.05, 3.63) is 75.7 Å². The van der Waals surface area contributed by atoms with Crippen LogP contribution in [0.4, 0.5) is 4.79 Å². The Balaban J connectivity index is 1.04. The summed E-state index contributed by atoms with van der Waals surface area (Å²) in [5.74, 6) is 0.104. The lowest BCUT2D eigenvalue weighted by Gasteiger charge is -2.40. The number of pyridine rings is 1. The second kappa shape index (κ2) is 13.9. The number of nitrogens with zero attached hydrogens (tertiary/aromatic N) is 4. The van der Waals surface area contributed by atoms with Gasteiger partial charge in [-0.3, -0.25) is 19.5 Å². The first kappa shape index (κ1) is 33.8. The number of aromatic nitrogens is 3. The van der Waals surface area contributed by atoms with Gasteiger partial charge in [-0.1, -0.05) is 24.3 Å². The normalized spacial score (nSPS) is 19.3. The fourth-order valence-corrected chi connectivity index (χ4v) is 8.32. The van der Waals surface area contributed by atoms with Crippen molar-refractivity contribution < 1.29 is 14.4 Å². The predicted octanol–water partition coefficient (Wildman–Crippen LogP) is 3.66. The summed E-state index contributed by atoms with van der Waals surface area (Å²) in [6, 6.07) is 12.6. The van der Waals surface area contributed by atoms with Gasteiger partial charge >= 0.3 is 6.03 Å². The highest BCUT2D eigenvalue weighted by Crippen LogP contribution is 2.41. The molecule has 12 nitrogen and oxygen atoms in total. The van der Waals surface area contributed by atoms with Crippen LogP contribution in [0, 0.1) is 12.3 Å². The topological polar surface area (TPSA) is 147 Å². The number of aryl methyl sites for hydroxylation is 1. The van der Waals surface area contributed by atoms with Crippen molar-refractivity contribution in [2.24, 2.45) is 5.41 Å². The van der Waals surface area contributed by atoms with Gasteiger partial charge in [-0.15, -0.1) is 0 Å². The van der Waals surface area contributed by atoms with Gasteiger partial charge in [0.05, 0.1) is 17.8 Å². The van der Waals surface area contributed by atoms with E-state index in [4.69, 9.17) is 0 Å². The number of benzene rings is 2. The molecule has 3 aliphatic rings. The number of carbonyl (C=O) groups is 3. The molecule has 4 N–H and O–H groups in total. The van der Waals surface area contributed by atoms with Gasteiger partial charge in [-0.05, 0) is 99.0 Å². The molecule has 0 bridgehead atoms. The zero-order valence-corrected chi connectivity index (χ0v) is 29.3. The number of nitrogens with one attached hydrogen (secondary N) is 4. The molecule has 3 saturated heterocycles. The lowest BCUT2D eigenvalue weighted by Crippen LogP contribution is -2.54. The number of hydrogen-bond donors (Lipinski definition) is 4. The van der Waals surface area contributed by atoms with E-state index >= 15 is 0 Å². The van der Waals surface area contributed by atoms with Crippen LogP contribution in [0.15, 0.2) is 53.5 Å². The zero-order chi connectivity index (χ0) is 35.0. The van der Waals surface area contributed by atoms with Crippen molar-refractivity contribution in [3.63, 3.8) is 0 Å². The number of H-pyrrole nitrogens is 2. The number of likely N-dealkylation sites (N-methyl/N-ethyl adjacent to an activating group) is 1. The van der Waals surface area contributed by atoms with Crippen molar-refractivity contribution in [2.45, 2.75) is 70.4 Å². The van der Waals surface area contributed by atoms with Gasteiger partial charge < -0.3 is 30.3 Å². The van der Waals surface area contributed by atoms with Crippen molar-refractivity contribution in [2.75, 3.05) is 46.3 Å². The van der Waals surface area contributed by atoms with Gasteiger partial charge in [0.25, 0.3) is 5.56 Å². The number of para-hydroxylation sites is 1. The Morgan fingerprint density at radius 1 is 0.940 bits per heavy atom. The zero-order valence-electron chi connectivity index (χ0n) is 29.3. The minimum absolute atomic E-state index is 0.0152. The number of carbonyl (C=O) groups excluding carboxylic acids is 3. The first-order valence-electron chi connectivity index (χ1n) is 18.0. The van der Waals surface area contributed by atoms with Crippen LogP contribution in [0.5, 0.6) is 0 Å². The lowest BCUT2D eigenvalue weighted by molar-refractivity contribution is -0.136. The molecule has 264 valence electrons. The van der Waals surface area contributed by atoms with Crippen LogP contribution in [-0.2, 0) is 16.0 Å². The summed E-state index contributed by atoms with van der Waals surface area (Å²) in [5, 5.41) is 15.4.